The first-order valence-corrected chi connectivity index (χ1v) is 6.83. The van der Waals surface area contributed by atoms with Gasteiger partial charge in [0.1, 0.15) is 0 Å². The Balaban J connectivity index is 1.70. The minimum atomic E-state index is 0.183. The number of rotatable bonds is 3. The van der Waals surface area contributed by atoms with Crippen molar-refractivity contribution in [1.29, 1.82) is 5.26 Å². The molecular formula is C16H17N3. The van der Waals surface area contributed by atoms with Crippen molar-refractivity contribution >= 4 is 10.9 Å². The van der Waals surface area contributed by atoms with Gasteiger partial charge in [-0.25, -0.2) is 0 Å². The van der Waals surface area contributed by atoms with Crippen LogP contribution in [0.15, 0.2) is 36.5 Å². The number of nitrogens with zero attached hydrogens (tertiary/aromatic N) is 2. The summed E-state index contributed by atoms with van der Waals surface area (Å²) in [5.74, 6) is 0.183. The van der Waals surface area contributed by atoms with Gasteiger partial charge in [0.2, 0.25) is 0 Å². The predicted octanol–water partition coefficient (Wildman–Crippen LogP) is 3.02. The van der Waals surface area contributed by atoms with Crippen LogP contribution in [0.1, 0.15) is 24.8 Å². The van der Waals surface area contributed by atoms with Crippen LogP contribution < -0.4 is 5.32 Å². The van der Waals surface area contributed by atoms with Crippen LogP contribution in [0.5, 0.6) is 0 Å². The molecule has 1 aliphatic rings. The van der Waals surface area contributed by atoms with Gasteiger partial charge in [-0.05, 0) is 36.6 Å². The van der Waals surface area contributed by atoms with Crippen LogP contribution in [0.25, 0.3) is 10.9 Å². The number of hydrogen-bond donors (Lipinski definition) is 1. The Morgan fingerprint density at radius 1 is 1.32 bits per heavy atom. The maximum atomic E-state index is 9.08. The van der Waals surface area contributed by atoms with Gasteiger partial charge in [0, 0.05) is 24.2 Å². The highest BCUT2D eigenvalue weighted by molar-refractivity contribution is 5.78. The van der Waals surface area contributed by atoms with Crippen LogP contribution in [0.3, 0.4) is 0 Å². The molecule has 19 heavy (non-hydrogen) atoms. The molecule has 2 atom stereocenters. The zero-order chi connectivity index (χ0) is 13.1. The van der Waals surface area contributed by atoms with Crippen molar-refractivity contribution in [2.75, 3.05) is 0 Å². The number of pyridine rings is 1. The molecule has 0 saturated heterocycles. The van der Waals surface area contributed by atoms with Gasteiger partial charge in [-0.15, -0.1) is 0 Å². The second kappa shape index (κ2) is 5.38. The SMILES string of the molecule is N#CC1CCCC1NCc1ccc2ncccc2c1. The highest BCUT2D eigenvalue weighted by atomic mass is 14.9. The van der Waals surface area contributed by atoms with Crippen molar-refractivity contribution in [3.05, 3.63) is 42.1 Å². The molecule has 1 aliphatic carbocycles. The van der Waals surface area contributed by atoms with Gasteiger partial charge in [-0.2, -0.15) is 5.26 Å². The van der Waals surface area contributed by atoms with E-state index in [0.717, 1.165) is 31.3 Å². The van der Waals surface area contributed by atoms with E-state index in [4.69, 9.17) is 5.26 Å². The molecule has 2 aromatic rings. The lowest BCUT2D eigenvalue weighted by atomic mass is 10.1. The van der Waals surface area contributed by atoms with Gasteiger partial charge >= 0.3 is 0 Å². The van der Waals surface area contributed by atoms with Crippen molar-refractivity contribution in [2.45, 2.75) is 31.8 Å². The van der Waals surface area contributed by atoms with Crippen LogP contribution in [0, 0.1) is 17.2 Å². The number of aromatic nitrogens is 1. The fourth-order valence-electron chi connectivity index (χ4n) is 2.84. The fraction of sp³-hybridized carbons (Fsp3) is 0.375. The van der Waals surface area contributed by atoms with Crippen molar-refractivity contribution in [3.8, 4) is 6.07 Å². The quantitative estimate of drug-likeness (QED) is 0.912. The third-order valence-electron chi connectivity index (χ3n) is 3.92. The zero-order valence-electron chi connectivity index (χ0n) is 10.8. The minimum Gasteiger partial charge on any atom is -0.309 e. The number of nitriles is 1. The molecule has 2 unspecified atom stereocenters. The summed E-state index contributed by atoms with van der Waals surface area (Å²) >= 11 is 0. The van der Waals surface area contributed by atoms with E-state index in [-0.39, 0.29) is 5.92 Å². The average Bonchev–Trinajstić information content (AvgIpc) is 2.92. The number of hydrogen-bond acceptors (Lipinski definition) is 3. The summed E-state index contributed by atoms with van der Waals surface area (Å²) in [5, 5.41) is 13.8. The summed E-state index contributed by atoms with van der Waals surface area (Å²) in [6, 6.07) is 13.1. The van der Waals surface area contributed by atoms with E-state index in [0.29, 0.717) is 6.04 Å². The third-order valence-corrected chi connectivity index (χ3v) is 3.92. The third kappa shape index (κ3) is 2.59. The van der Waals surface area contributed by atoms with Gasteiger partial charge in [0.05, 0.1) is 17.5 Å². The maximum Gasteiger partial charge on any atom is 0.0702 e. The minimum absolute atomic E-state index is 0.183. The van der Waals surface area contributed by atoms with Crippen molar-refractivity contribution in [1.82, 2.24) is 10.3 Å². The lowest BCUT2D eigenvalue weighted by molar-refractivity contribution is 0.464. The first-order valence-electron chi connectivity index (χ1n) is 6.83. The highest BCUT2D eigenvalue weighted by Gasteiger charge is 2.26. The monoisotopic (exact) mass is 251 g/mol. The Morgan fingerprint density at radius 2 is 2.26 bits per heavy atom. The molecule has 3 heteroatoms. The first-order chi connectivity index (χ1) is 9.36. The zero-order valence-corrected chi connectivity index (χ0v) is 10.8. The molecule has 1 saturated carbocycles. The van der Waals surface area contributed by atoms with E-state index in [1.807, 2.05) is 12.3 Å². The molecule has 3 nitrogen and oxygen atoms in total. The Morgan fingerprint density at radius 3 is 3.16 bits per heavy atom. The molecule has 0 spiro atoms. The van der Waals surface area contributed by atoms with Crippen LogP contribution in [-0.2, 0) is 6.54 Å². The molecule has 0 amide bonds. The van der Waals surface area contributed by atoms with Crippen LogP contribution in [0.2, 0.25) is 0 Å². The van der Waals surface area contributed by atoms with Gasteiger partial charge in [0.25, 0.3) is 0 Å². The molecule has 0 radical (unpaired) electrons. The van der Waals surface area contributed by atoms with Crippen LogP contribution in [0.4, 0.5) is 0 Å². The smallest absolute Gasteiger partial charge is 0.0702 e. The summed E-state index contributed by atoms with van der Waals surface area (Å²) in [7, 11) is 0. The Hall–Kier alpha value is -1.92. The standard InChI is InChI=1S/C16H17N3/c17-10-14-3-1-5-15(14)19-11-12-6-7-16-13(9-12)4-2-8-18-16/h2,4,6-9,14-15,19H,1,3,5,11H2. The molecule has 3 rings (SSSR count). The maximum absolute atomic E-state index is 9.08. The van der Waals surface area contributed by atoms with E-state index in [1.54, 1.807) is 0 Å². The van der Waals surface area contributed by atoms with E-state index in [9.17, 15) is 0 Å². The summed E-state index contributed by atoms with van der Waals surface area (Å²) in [6.07, 6.45) is 5.14. The number of fused-ring (bicyclic) bond motifs is 1. The molecule has 1 N–H and O–H groups in total. The normalized spacial score (nSPS) is 22.5. The lowest BCUT2D eigenvalue weighted by Gasteiger charge is -2.15. The molecule has 0 bridgehead atoms. The van der Waals surface area contributed by atoms with Gasteiger partial charge < -0.3 is 5.32 Å². The second-order valence-electron chi connectivity index (χ2n) is 5.18. The Labute approximate surface area is 113 Å². The van der Waals surface area contributed by atoms with Crippen LogP contribution in [-0.4, -0.2) is 11.0 Å². The van der Waals surface area contributed by atoms with E-state index >= 15 is 0 Å². The lowest BCUT2D eigenvalue weighted by Crippen LogP contribution is -2.31. The largest absolute Gasteiger partial charge is 0.309 e. The predicted molar refractivity (Wildman–Crippen MR) is 75.3 cm³/mol. The van der Waals surface area contributed by atoms with E-state index < -0.39 is 0 Å². The van der Waals surface area contributed by atoms with Crippen molar-refractivity contribution in [3.63, 3.8) is 0 Å². The Kier molecular flexibility index (Phi) is 3.43. The molecule has 1 fully saturated rings. The van der Waals surface area contributed by atoms with Gasteiger partial charge in [-0.1, -0.05) is 18.6 Å². The average molecular weight is 251 g/mol. The number of benzene rings is 1. The molecular weight excluding hydrogens is 234 g/mol. The molecule has 1 aromatic heterocycles. The summed E-state index contributed by atoms with van der Waals surface area (Å²) in [4.78, 5) is 4.32. The van der Waals surface area contributed by atoms with Crippen molar-refractivity contribution in [2.24, 2.45) is 5.92 Å². The van der Waals surface area contributed by atoms with Crippen LogP contribution >= 0.6 is 0 Å². The summed E-state index contributed by atoms with van der Waals surface area (Å²) < 4.78 is 0. The summed E-state index contributed by atoms with van der Waals surface area (Å²) in [5.41, 5.74) is 2.28. The molecule has 0 aliphatic heterocycles. The fourth-order valence-corrected chi connectivity index (χ4v) is 2.84. The first kappa shape index (κ1) is 12.1. The molecule has 1 heterocycles. The van der Waals surface area contributed by atoms with E-state index in [1.165, 1.54) is 10.9 Å². The topological polar surface area (TPSA) is 48.7 Å². The highest BCUT2D eigenvalue weighted by Crippen LogP contribution is 2.25. The summed E-state index contributed by atoms with van der Waals surface area (Å²) in [6.45, 7) is 0.827. The Bertz CT molecular complexity index is 615. The number of nitrogens with one attached hydrogen (secondary N) is 1. The van der Waals surface area contributed by atoms with E-state index in [2.05, 4.69) is 40.6 Å². The van der Waals surface area contributed by atoms with Gasteiger partial charge in [0.15, 0.2) is 0 Å². The van der Waals surface area contributed by atoms with Gasteiger partial charge in [-0.3, -0.25) is 4.98 Å². The molecule has 1 aromatic carbocycles. The molecule has 96 valence electrons. The second-order valence-corrected chi connectivity index (χ2v) is 5.18. The van der Waals surface area contributed by atoms with Crippen molar-refractivity contribution < 1.29 is 0 Å².